The first-order valence-corrected chi connectivity index (χ1v) is 36.4. The molecule has 10 atom stereocenters. The van der Waals surface area contributed by atoms with Crippen molar-refractivity contribution in [1.82, 2.24) is 63.1 Å². The highest BCUT2D eigenvalue weighted by atomic mass is 35.5. The summed E-state index contributed by atoms with van der Waals surface area (Å²) in [5, 5.41) is 43.8. The molecule has 0 spiro atoms. The van der Waals surface area contributed by atoms with Crippen LogP contribution in [-0.4, -0.2) is 172 Å². The van der Waals surface area contributed by atoms with Crippen LogP contribution in [0.15, 0.2) is 140 Å². The molecule has 29 heteroatoms. The lowest BCUT2D eigenvalue weighted by Crippen LogP contribution is -2.62. The number of benzene rings is 5. The Balaban J connectivity index is 1.16. The van der Waals surface area contributed by atoms with Crippen LogP contribution in [0.5, 0.6) is 0 Å². The summed E-state index contributed by atoms with van der Waals surface area (Å²) in [6.07, 6.45) is 4.14. The second-order valence-electron chi connectivity index (χ2n) is 27.7. The molecule has 0 saturated carbocycles. The number of amides is 12. The molecule has 2 heterocycles. The van der Waals surface area contributed by atoms with Crippen molar-refractivity contribution in [1.29, 1.82) is 0 Å². The molecule has 7 rings (SSSR count). The summed E-state index contributed by atoms with van der Waals surface area (Å²) in [6, 6.07) is 22.4. The summed E-state index contributed by atoms with van der Waals surface area (Å²) in [6.45, 7) is 11.4. The zero-order valence-corrected chi connectivity index (χ0v) is 62.1. The Kier molecular flexibility index (Phi) is 32.1. The number of primary amides is 1. The van der Waals surface area contributed by atoms with Gasteiger partial charge in [0.15, 0.2) is 0 Å². The molecule has 1 saturated heterocycles. The van der Waals surface area contributed by atoms with Crippen molar-refractivity contribution in [2.24, 2.45) is 11.7 Å². The first-order chi connectivity index (χ1) is 51.0. The lowest BCUT2D eigenvalue weighted by atomic mass is 9.99. The van der Waals surface area contributed by atoms with Gasteiger partial charge in [0.1, 0.15) is 60.4 Å². The molecule has 12 amide bonds. The van der Waals surface area contributed by atoms with Crippen molar-refractivity contribution >= 4 is 105 Å². The van der Waals surface area contributed by atoms with Crippen LogP contribution in [0.4, 0.5) is 11.4 Å². The number of rotatable bonds is 39. The van der Waals surface area contributed by atoms with Gasteiger partial charge in [-0.25, -0.2) is 0 Å². The summed E-state index contributed by atoms with van der Waals surface area (Å²) in [4.78, 5) is 175. The highest BCUT2D eigenvalue weighted by Gasteiger charge is 2.40. The van der Waals surface area contributed by atoms with Gasteiger partial charge in [-0.1, -0.05) is 124 Å². The molecule has 1 aliphatic rings. The number of pyridine rings is 1. The Bertz CT molecular complexity index is 4060. The molecule has 107 heavy (non-hydrogen) atoms. The molecule has 5 aromatic carbocycles. The van der Waals surface area contributed by atoms with E-state index in [0.29, 0.717) is 70.0 Å². The number of anilines is 2. The minimum Gasteiger partial charge on any atom is -0.399 e. The Hall–Kier alpha value is -10.8. The quantitative estimate of drug-likeness (QED) is 0.0195. The maximum Gasteiger partial charge on any atom is 0.245 e. The number of likely N-dealkylation sites (tertiary alicyclic amines) is 1. The van der Waals surface area contributed by atoms with E-state index in [2.05, 4.69) is 63.5 Å². The van der Waals surface area contributed by atoms with Gasteiger partial charge in [0, 0.05) is 87.3 Å². The normalized spacial score (nSPS) is 15.2. The number of aliphatic hydroxyl groups is 1. The largest absolute Gasteiger partial charge is 0.399 e. The van der Waals surface area contributed by atoms with Crippen LogP contribution in [0.25, 0.3) is 10.8 Å². The molecular formula is C78H100ClN15O13. The van der Waals surface area contributed by atoms with Gasteiger partial charge < -0.3 is 80.0 Å². The lowest BCUT2D eigenvalue weighted by molar-refractivity contribution is -0.142. The summed E-state index contributed by atoms with van der Waals surface area (Å²) >= 11 is 6.26. The first kappa shape index (κ1) is 83.4. The standard InChI is InChI=1S/C78H100ClN15O13/c1-45(2)36-61(70(99)87-60(17-10-11-34-83-46(3)4)78(107)94-35-13-18-68(94)77(106)84-47(5)69(81)98)88-72(101)64(39-51-22-29-58(80)30-23-51)90-74(103)65(40-52-24-31-59(32-25-52)85-48(6)96)92-76(105)67(44-95)93-75(104)66(42-54-14-12-33-82-43-54)91-73(102)63(38-50-20-27-57(79)28-21-50)89-71(100)62(86-49(7)97)41-53-19-26-55-15-8-9-16-56(55)37-53/h8-9,12,14-16,19-33,37,43,45-47,60-68,83,95H,10-11,13,17-18,34-36,38-42,44,80H2,1-7H3,(H2,81,98)(H,84,106)(H,85,96)(H,86,97)(H,87,99)(H,88,101)(H,89,100)(H,90,103)(H,91,102)(H,92,105)(H,93,104)/t47-,60-,61-,62+,63+,64+,65-,66+,67-,68-/m0/s1. The van der Waals surface area contributed by atoms with Crippen molar-refractivity contribution in [3.8, 4) is 0 Å². The molecule has 6 aromatic rings. The molecule has 572 valence electrons. The van der Waals surface area contributed by atoms with Gasteiger partial charge in [-0.2, -0.15) is 0 Å². The van der Waals surface area contributed by atoms with Crippen LogP contribution in [0.3, 0.4) is 0 Å². The third-order valence-electron chi connectivity index (χ3n) is 18.0. The predicted octanol–water partition coefficient (Wildman–Crippen LogP) is 3.03. The average molecular weight is 1490 g/mol. The molecule has 16 N–H and O–H groups in total. The van der Waals surface area contributed by atoms with E-state index in [0.717, 1.165) is 10.8 Å². The third kappa shape index (κ3) is 26.9. The van der Waals surface area contributed by atoms with Crippen molar-refractivity contribution in [2.45, 2.75) is 186 Å². The second kappa shape index (κ2) is 41.2. The van der Waals surface area contributed by atoms with Gasteiger partial charge >= 0.3 is 0 Å². The summed E-state index contributed by atoms with van der Waals surface area (Å²) < 4.78 is 0. The minimum absolute atomic E-state index is 0.0346. The maximum absolute atomic E-state index is 15.2. The number of nitrogens with two attached hydrogens (primary N) is 2. The van der Waals surface area contributed by atoms with E-state index in [1.165, 1.54) is 38.1 Å². The Morgan fingerprint density at radius 2 is 1.00 bits per heavy atom. The molecule has 0 aliphatic carbocycles. The van der Waals surface area contributed by atoms with Gasteiger partial charge in [-0.05, 0) is 139 Å². The van der Waals surface area contributed by atoms with Crippen LogP contribution in [0.1, 0.15) is 115 Å². The van der Waals surface area contributed by atoms with E-state index in [4.69, 9.17) is 23.1 Å². The number of unbranched alkanes of at least 4 members (excludes halogenated alkanes) is 1. The molecule has 28 nitrogen and oxygen atoms in total. The van der Waals surface area contributed by atoms with E-state index < -0.39 is 132 Å². The fraction of sp³-hybridized carbons (Fsp3) is 0.423. The van der Waals surface area contributed by atoms with E-state index in [-0.39, 0.29) is 75.8 Å². The Morgan fingerprint density at radius 1 is 0.523 bits per heavy atom. The number of nitrogen functional groups attached to an aromatic ring is 1. The second-order valence-corrected chi connectivity index (χ2v) is 28.2. The fourth-order valence-corrected chi connectivity index (χ4v) is 12.5. The summed E-state index contributed by atoms with van der Waals surface area (Å²) in [5.41, 5.74) is 15.0. The monoisotopic (exact) mass is 1490 g/mol. The molecule has 0 bridgehead atoms. The number of carbonyl (C=O) groups excluding carboxylic acids is 12. The highest BCUT2D eigenvalue weighted by Crippen LogP contribution is 2.23. The number of aromatic nitrogens is 1. The van der Waals surface area contributed by atoms with Gasteiger partial charge in [-0.15, -0.1) is 0 Å². The average Bonchev–Trinajstić information content (AvgIpc) is 1.15. The molecule has 1 aliphatic heterocycles. The van der Waals surface area contributed by atoms with Gasteiger partial charge in [0.25, 0.3) is 0 Å². The van der Waals surface area contributed by atoms with Crippen LogP contribution in [0.2, 0.25) is 5.02 Å². The zero-order chi connectivity index (χ0) is 77.9. The predicted molar refractivity (Wildman–Crippen MR) is 406 cm³/mol. The number of hydrogen-bond donors (Lipinski definition) is 14. The van der Waals surface area contributed by atoms with Crippen LogP contribution < -0.4 is 70.0 Å². The van der Waals surface area contributed by atoms with Crippen molar-refractivity contribution in [2.75, 3.05) is 30.7 Å². The number of nitrogens with zero attached hydrogens (tertiary/aromatic N) is 2. The minimum atomic E-state index is -1.83. The van der Waals surface area contributed by atoms with Gasteiger partial charge in [0.2, 0.25) is 70.9 Å². The molecular weight excluding hydrogens is 1390 g/mol. The smallest absolute Gasteiger partial charge is 0.245 e. The zero-order valence-electron chi connectivity index (χ0n) is 61.4. The van der Waals surface area contributed by atoms with E-state index in [1.54, 1.807) is 84.9 Å². The molecule has 1 aromatic heterocycles. The molecule has 1 fully saturated rings. The first-order valence-electron chi connectivity index (χ1n) is 36.0. The van der Waals surface area contributed by atoms with Crippen LogP contribution in [-0.2, 0) is 89.6 Å². The molecule has 0 radical (unpaired) electrons. The number of fused-ring (bicyclic) bond motifs is 1. The fourth-order valence-electron chi connectivity index (χ4n) is 12.4. The lowest BCUT2D eigenvalue weighted by Gasteiger charge is -2.31. The van der Waals surface area contributed by atoms with Crippen LogP contribution >= 0.6 is 11.6 Å². The maximum atomic E-state index is 15.2. The Morgan fingerprint density at radius 3 is 1.51 bits per heavy atom. The number of aliphatic hydroxyl groups excluding tert-OH is 1. The number of carbonyl (C=O) groups is 12. The SMILES string of the molecule is CC(=O)Nc1ccc(C[C@H](NC(=O)[C@H](CO)NC(=O)[C@@H](Cc2cccnc2)NC(=O)[C@@H](Cc2ccc(Cl)cc2)NC(=O)[C@@H](Cc2ccc3ccccc3c2)NC(C)=O)C(=O)N[C@H](Cc2ccc(N)cc2)C(=O)N[C@@H](CC(C)C)C(=O)N[C@@H](CCCCNC(C)C)C(=O)N2CCC[C@H]2C(=O)N[C@@H](C)C(N)=O)cc1. The van der Waals surface area contributed by atoms with Gasteiger partial charge in [0.05, 0.1) is 6.61 Å². The third-order valence-corrected chi connectivity index (χ3v) is 18.2. The van der Waals surface area contributed by atoms with Gasteiger partial charge in [-0.3, -0.25) is 62.5 Å². The van der Waals surface area contributed by atoms with Crippen molar-refractivity contribution in [3.63, 3.8) is 0 Å². The Labute approximate surface area is 628 Å². The summed E-state index contributed by atoms with van der Waals surface area (Å²) in [7, 11) is 0. The number of hydrogen-bond acceptors (Lipinski definition) is 16. The number of halogens is 1. The van der Waals surface area contributed by atoms with Crippen molar-refractivity contribution in [3.05, 3.63) is 173 Å². The number of nitrogens with one attached hydrogen (secondary N) is 11. The van der Waals surface area contributed by atoms with E-state index in [9.17, 15) is 53.1 Å². The van der Waals surface area contributed by atoms with E-state index >= 15 is 9.59 Å². The highest BCUT2D eigenvalue weighted by molar-refractivity contribution is 6.30. The summed E-state index contributed by atoms with van der Waals surface area (Å²) in [5.74, 6) is -9.22. The molecule has 0 unspecified atom stereocenters. The topological polar surface area (TPSA) is 426 Å². The van der Waals surface area contributed by atoms with Crippen molar-refractivity contribution < 1.29 is 62.6 Å². The van der Waals surface area contributed by atoms with E-state index in [1.807, 2.05) is 70.2 Å². The van der Waals surface area contributed by atoms with Crippen LogP contribution in [0, 0.1) is 5.92 Å².